The first-order valence-corrected chi connectivity index (χ1v) is 16.4. The molecule has 45 heavy (non-hydrogen) atoms. The number of carbonyl (C=O) groups is 1. The third kappa shape index (κ3) is 7.47. The van der Waals surface area contributed by atoms with Crippen LogP contribution in [0, 0.1) is 12.7 Å². The number of benzene rings is 3. The smallest absolute Gasteiger partial charge is 0.246 e. The Balaban J connectivity index is 1.24. The first kappa shape index (κ1) is 32.4. The van der Waals surface area contributed by atoms with Gasteiger partial charge in [-0.1, -0.05) is 30.3 Å². The number of para-hydroxylation sites is 1. The van der Waals surface area contributed by atoms with Crippen LogP contribution in [0.2, 0.25) is 0 Å². The van der Waals surface area contributed by atoms with Gasteiger partial charge in [-0.3, -0.25) is 9.69 Å². The molecule has 3 aromatic carbocycles. The molecule has 1 unspecified atom stereocenters. The molecule has 1 aliphatic rings. The molecule has 0 aliphatic carbocycles. The summed E-state index contributed by atoms with van der Waals surface area (Å²) in [6.07, 6.45) is 1.58. The van der Waals surface area contributed by atoms with Crippen LogP contribution in [0.25, 0.3) is 22.0 Å². The molecule has 0 saturated carbocycles. The number of hydrogen-bond donors (Lipinski definition) is 2. The van der Waals surface area contributed by atoms with Crippen LogP contribution < -0.4 is 10.6 Å². The number of sulfonamides is 1. The lowest BCUT2D eigenvalue weighted by molar-refractivity contribution is -0.114. The van der Waals surface area contributed by atoms with Crippen LogP contribution in [0.3, 0.4) is 0 Å². The Morgan fingerprint density at radius 2 is 1.78 bits per heavy atom. The molecule has 1 amide bonds. The fraction of sp³-hybridized carbons (Fsp3) is 0.364. The molecule has 5 rings (SSSR count). The van der Waals surface area contributed by atoms with E-state index in [2.05, 4.69) is 81.8 Å². The highest BCUT2D eigenvalue weighted by Gasteiger charge is 2.31. The normalized spacial score (nSPS) is 15.4. The first-order valence-electron chi connectivity index (χ1n) is 15.0. The molecular formula is C33H40FN7O3S. The van der Waals surface area contributed by atoms with Crippen molar-refractivity contribution in [3.63, 3.8) is 0 Å². The van der Waals surface area contributed by atoms with Gasteiger partial charge in [-0.05, 0) is 68.9 Å². The molecule has 12 heteroatoms. The van der Waals surface area contributed by atoms with Gasteiger partial charge >= 0.3 is 0 Å². The molecule has 238 valence electrons. The number of amides is 1. The average molecular weight is 634 g/mol. The monoisotopic (exact) mass is 633 g/mol. The third-order valence-electron chi connectivity index (χ3n) is 7.86. The first-order chi connectivity index (χ1) is 21.4. The fourth-order valence-electron chi connectivity index (χ4n) is 5.77. The highest BCUT2D eigenvalue weighted by atomic mass is 32.2. The van der Waals surface area contributed by atoms with Crippen LogP contribution in [0.4, 0.5) is 15.9 Å². The van der Waals surface area contributed by atoms with E-state index in [1.54, 1.807) is 13.3 Å². The van der Waals surface area contributed by atoms with Crippen molar-refractivity contribution >= 4 is 38.3 Å². The molecule has 4 aromatic rings. The molecule has 1 fully saturated rings. The number of nitrogens with one attached hydrogen (secondary N) is 2. The van der Waals surface area contributed by atoms with Crippen LogP contribution in [-0.2, 0) is 21.4 Å². The number of rotatable bonds is 10. The SMILES string of the molecule is CC(=O)Nc1cc(F)c(S(=O)(=O)N2CCN(CC(C)Nc3ncnc4c(-c5cccc(CN(C)C)c5)cccc34)CC2)cc1C. The average Bonchev–Trinajstić information content (AvgIpc) is 2.98. The van der Waals surface area contributed by atoms with Gasteiger partial charge in [0, 0.05) is 68.9 Å². The van der Waals surface area contributed by atoms with Crippen molar-refractivity contribution in [2.45, 2.75) is 38.3 Å². The quantitative estimate of drug-likeness (QED) is 0.261. The Morgan fingerprint density at radius 1 is 1.04 bits per heavy atom. The summed E-state index contributed by atoms with van der Waals surface area (Å²) in [6, 6.07) is 17.0. The lowest BCUT2D eigenvalue weighted by atomic mass is 10.00. The van der Waals surface area contributed by atoms with Gasteiger partial charge in [0.25, 0.3) is 0 Å². The van der Waals surface area contributed by atoms with E-state index in [4.69, 9.17) is 0 Å². The van der Waals surface area contributed by atoms with Crippen molar-refractivity contribution in [1.82, 2.24) is 24.1 Å². The van der Waals surface area contributed by atoms with E-state index < -0.39 is 15.8 Å². The Labute approximate surface area is 264 Å². The van der Waals surface area contributed by atoms with Crippen molar-refractivity contribution in [3.8, 4) is 11.1 Å². The van der Waals surface area contributed by atoms with Gasteiger partial charge < -0.3 is 15.5 Å². The number of fused-ring (bicyclic) bond motifs is 1. The maximum Gasteiger partial charge on any atom is 0.246 e. The van der Waals surface area contributed by atoms with Gasteiger partial charge in [-0.25, -0.2) is 22.8 Å². The fourth-order valence-corrected chi connectivity index (χ4v) is 7.33. The number of piperazine rings is 1. The van der Waals surface area contributed by atoms with Crippen molar-refractivity contribution < 1.29 is 17.6 Å². The van der Waals surface area contributed by atoms with Crippen LogP contribution in [-0.4, -0.2) is 91.3 Å². The highest BCUT2D eigenvalue weighted by molar-refractivity contribution is 7.89. The van der Waals surface area contributed by atoms with E-state index >= 15 is 0 Å². The Bertz CT molecular complexity index is 1810. The molecule has 0 spiro atoms. The molecule has 2 N–H and O–H groups in total. The number of aromatic nitrogens is 2. The van der Waals surface area contributed by atoms with Gasteiger partial charge in [0.05, 0.1) is 5.52 Å². The summed E-state index contributed by atoms with van der Waals surface area (Å²) < 4.78 is 42.9. The zero-order valence-electron chi connectivity index (χ0n) is 26.3. The van der Waals surface area contributed by atoms with Crippen molar-refractivity contribution in [2.75, 3.05) is 57.5 Å². The molecular weight excluding hydrogens is 593 g/mol. The maximum absolute atomic E-state index is 14.9. The van der Waals surface area contributed by atoms with E-state index in [0.29, 0.717) is 25.2 Å². The standard InChI is InChI=1S/C33H40FN7O3S/c1-22-16-31(29(34)18-30(22)38-24(3)42)45(43,44)41-14-12-40(13-15-41)19-23(2)37-33-28-11-7-10-27(32(28)35-21-36-33)26-9-6-8-25(17-26)20-39(4)5/h6-11,16-18,21,23H,12-15,19-20H2,1-5H3,(H,38,42)(H,35,36,37). The van der Waals surface area contributed by atoms with Gasteiger partial charge in [0.1, 0.15) is 22.9 Å². The Kier molecular flexibility index (Phi) is 9.78. The zero-order chi connectivity index (χ0) is 32.3. The van der Waals surface area contributed by atoms with E-state index in [0.717, 1.165) is 40.5 Å². The van der Waals surface area contributed by atoms with Crippen LogP contribution in [0.5, 0.6) is 0 Å². The van der Waals surface area contributed by atoms with Crippen molar-refractivity contribution in [1.29, 1.82) is 0 Å². The van der Waals surface area contributed by atoms with Gasteiger partial charge in [-0.15, -0.1) is 0 Å². The van der Waals surface area contributed by atoms with Gasteiger partial charge in [0.2, 0.25) is 15.9 Å². The van der Waals surface area contributed by atoms with Crippen LogP contribution >= 0.6 is 0 Å². The number of halogens is 1. The number of nitrogens with zero attached hydrogens (tertiary/aromatic N) is 5. The van der Waals surface area contributed by atoms with Gasteiger partial charge in [-0.2, -0.15) is 4.31 Å². The number of anilines is 2. The zero-order valence-corrected chi connectivity index (χ0v) is 27.2. The lowest BCUT2D eigenvalue weighted by Gasteiger charge is -2.35. The summed E-state index contributed by atoms with van der Waals surface area (Å²) in [6.45, 7) is 8.05. The molecule has 0 bridgehead atoms. The summed E-state index contributed by atoms with van der Waals surface area (Å²) in [4.78, 5) is 24.5. The van der Waals surface area contributed by atoms with E-state index in [9.17, 15) is 17.6 Å². The number of aryl methyl sites for hydroxylation is 1. The van der Waals surface area contributed by atoms with Gasteiger partial charge in [0.15, 0.2) is 0 Å². The van der Waals surface area contributed by atoms with E-state index in [1.807, 2.05) is 12.1 Å². The summed E-state index contributed by atoms with van der Waals surface area (Å²) in [7, 11) is 0.0693. The molecule has 1 atom stereocenters. The Hall–Kier alpha value is -3.97. The van der Waals surface area contributed by atoms with Crippen molar-refractivity contribution in [3.05, 3.63) is 77.9 Å². The summed E-state index contributed by atoms with van der Waals surface area (Å²) in [5.41, 5.74) is 4.97. The van der Waals surface area contributed by atoms with E-state index in [1.165, 1.54) is 22.9 Å². The molecule has 1 aliphatic heterocycles. The minimum Gasteiger partial charge on any atom is -0.366 e. The topological polar surface area (TPSA) is 111 Å². The minimum atomic E-state index is -4.04. The molecule has 1 saturated heterocycles. The lowest BCUT2D eigenvalue weighted by Crippen LogP contribution is -2.50. The Morgan fingerprint density at radius 3 is 2.49 bits per heavy atom. The molecule has 1 aromatic heterocycles. The largest absolute Gasteiger partial charge is 0.366 e. The highest BCUT2D eigenvalue weighted by Crippen LogP contribution is 2.31. The molecule has 2 heterocycles. The summed E-state index contributed by atoms with van der Waals surface area (Å²) in [5, 5.41) is 7.00. The second kappa shape index (κ2) is 13.6. The van der Waals surface area contributed by atoms with E-state index in [-0.39, 0.29) is 35.6 Å². The number of hydrogen-bond acceptors (Lipinski definition) is 8. The predicted molar refractivity (Wildman–Crippen MR) is 176 cm³/mol. The van der Waals surface area contributed by atoms with Crippen LogP contribution in [0.1, 0.15) is 25.0 Å². The van der Waals surface area contributed by atoms with Crippen molar-refractivity contribution in [2.24, 2.45) is 0 Å². The predicted octanol–water partition coefficient (Wildman–Crippen LogP) is 4.57. The summed E-state index contributed by atoms with van der Waals surface area (Å²) in [5.74, 6) is -0.494. The number of carbonyl (C=O) groups excluding carboxylic acids is 1. The maximum atomic E-state index is 14.9. The summed E-state index contributed by atoms with van der Waals surface area (Å²) >= 11 is 0. The molecule has 10 nitrogen and oxygen atoms in total. The second-order valence-electron chi connectivity index (χ2n) is 11.9. The third-order valence-corrected chi connectivity index (χ3v) is 9.77. The second-order valence-corrected chi connectivity index (χ2v) is 13.8. The van der Waals surface area contributed by atoms with Crippen LogP contribution in [0.15, 0.2) is 65.8 Å². The molecule has 0 radical (unpaired) electrons. The minimum absolute atomic E-state index is 0.0137.